The Bertz CT molecular complexity index is 979. The Morgan fingerprint density at radius 3 is 2.22 bits per heavy atom. The van der Waals surface area contributed by atoms with Gasteiger partial charge in [0.05, 0.1) is 11.8 Å². The molecule has 0 aliphatic rings. The molecule has 1 aromatic heterocycles. The Morgan fingerprint density at radius 1 is 0.969 bits per heavy atom. The molecule has 1 aromatic carbocycles. The fraction of sp³-hybridized carbons (Fsp3) is 0.565. The second-order valence-electron chi connectivity index (χ2n) is 9.20. The van der Waals surface area contributed by atoms with Crippen LogP contribution in [-0.4, -0.2) is 46.5 Å². The molecule has 0 amide bonds. The fourth-order valence-electron chi connectivity index (χ4n) is 2.72. The summed E-state index contributed by atoms with van der Waals surface area (Å²) < 4.78 is 35.8. The van der Waals surface area contributed by atoms with E-state index >= 15 is 0 Å². The van der Waals surface area contributed by atoms with E-state index in [2.05, 4.69) is 9.97 Å². The van der Waals surface area contributed by atoms with Crippen molar-refractivity contribution in [3.05, 3.63) is 29.3 Å². The molecule has 176 valence electrons. The Labute approximate surface area is 187 Å². The van der Waals surface area contributed by atoms with Crippen LogP contribution < -0.4 is 4.74 Å². The zero-order valence-corrected chi connectivity index (χ0v) is 19.7. The Kier molecular flexibility index (Phi) is 7.98. The van der Waals surface area contributed by atoms with Gasteiger partial charge in [-0.2, -0.15) is 4.98 Å². The van der Waals surface area contributed by atoms with Crippen LogP contribution in [0.25, 0.3) is 10.9 Å². The van der Waals surface area contributed by atoms with Crippen molar-refractivity contribution >= 4 is 23.0 Å². The Balaban J connectivity index is 2.20. The van der Waals surface area contributed by atoms with Crippen LogP contribution in [0.2, 0.25) is 0 Å². The lowest BCUT2D eigenvalue weighted by Gasteiger charge is -2.19. The van der Waals surface area contributed by atoms with Gasteiger partial charge in [0, 0.05) is 6.42 Å². The first-order valence-corrected chi connectivity index (χ1v) is 10.5. The second-order valence-corrected chi connectivity index (χ2v) is 9.20. The highest BCUT2D eigenvalue weighted by molar-refractivity contribution is 5.86. The summed E-state index contributed by atoms with van der Waals surface area (Å²) in [6.45, 7) is 12.2. The van der Waals surface area contributed by atoms with Gasteiger partial charge in [-0.25, -0.2) is 14.2 Å². The highest BCUT2D eigenvalue weighted by atomic mass is 19.1. The molecule has 0 N–H and O–H groups in total. The van der Waals surface area contributed by atoms with Gasteiger partial charge in [-0.05, 0) is 59.2 Å². The van der Waals surface area contributed by atoms with E-state index in [0.717, 1.165) is 0 Å². The van der Waals surface area contributed by atoms with Crippen LogP contribution in [0, 0.1) is 5.82 Å². The van der Waals surface area contributed by atoms with Crippen molar-refractivity contribution in [2.24, 2.45) is 0 Å². The summed E-state index contributed by atoms with van der Waals surface area (Å²) in [4.78, 5) is 32.4. The number of aromatic nitrogens is 2. The van der Waals surface area contributed by atoms with Crippen molar-refractivity contribution in [3.8, 4) is 5.88 Å². The van der Waals surface area contributed by atoms with Gasteiger partial charge in [-0.1, -0.05) is 6.92 Å². The van der Waals surface area contributed by atoms with Gasteiger partial charge in [0.25, 0.3) is 0 Å². The zero-order chi connectivity index (χ0) is 24.1. The molecule has 0 atom stereocenters. The minimum absolute atomic E-state index is 0.0214. The minimum atomic E-state index is -0.811. The van der Waals surface area contributed by atoms with Crippen molar-refractivity contribution in [1.29, 1.82) is 0 Å². The van der Waals surface area contributed by atoms with E-state index < -0.39 is 29.1 Å². The number of benzene rings is 1. The van der Waals surface area contributed by atoms with Crippen molar-refractivity contribution in [2.45, 2.75) is 72.5 Å². The standard InChI is InChI=1S/C23H31FN2O6/c1-8-17-25-19-15(11-14(12-16(19)24)13-18(27)31-22(2,3)4)20(26-17)29-9-10-30-21(28)32-23(5,6)7/h11-12H,8-10,13H2,1-7H3. The van der Waals surface area contributed by atoms with Gasteiger partial charge in [-0.15, -0.1) is 0 Å². The number of hydrogen-bond acceptors (Lipinski definition) is 8. The maximum atomic E-state index is 14.8. The molecular formula is C23H31FN2O6. The number of esters is 1. The van der Waals surface area contributed by atoms with E-state index in [1.807, 2.05) is 6.92 Å². The van der Waals surface area contributed by atoms with E-state index in [1.165, 1.54) is 6.07 Å². The van der Waals surface area contributed by atoms with Crippen molar-refractivity contribution in [1.82, 2.24) is 9.97 Å². The predicted molar refractivity (Wildman–Crippen MR) is 116 cm³/mol. The normalized spacial score (nSPS) is 11.9. The van der Waals surface area contributed by atoms with Gasteiger partial charge < -0.3 is 18.9 Å². The number of carbonyl (C=O) groups excluding carboxylic acids is 2. The number of aryl methyl sites for hydroxylation is 1. The van der Waals surface area contributed by atoms with Gasteiger partial charge in [-0.3, -0.25) is 4.79 Å². The van der Waals surface area contributed by atoms with Crippen LogP contribution >= 0.6 is 0 Å². The molecule has 32 heavy (non-hydrogen) atoms. The van der Waals surface area contributed by atoms with E-state index in [1.54, 1.807) is 47.6 Å². The molecule has 2 rings (SSSR count). The quantitative estimate of drug-likeness (QED) is 0.448. The monoisotopic (exact) mass is 450 g/mol. The van der Waals surface area contributed by atoms with Gasteiger partial charge in [0.1, 0.15) is 41.6 Å². The molecule has 0 saturated heterocycles. The molecule has 0 fully saturated rings. The van der Waals surface area contributed by atoms with Crippen molar-refractivity contribution in [2.75, 3.05) is 13.2 Å². The first-order chi connectivity index (χ1) is 14.8. The Hall–Kier alpha value is -2.97. The number of fused-ring (bicyclic) bond motifs is 1. The third-order valence-electron chi connectivity index (χ3n) is 3.84. The minimum Gasteiger partial charge on any atom is -0.474 e. The lowest BCUT2D eigenvalue weighted by molar-refractivity contribution is -0.153. The van der Waals surface area contributed by atoms with E-state index in [9.17, 15) is 14.0 Å². The number of rotatable bonds is 7. The lowest BCUT2D eigenvalue weighted by atomic mass is 10.1. The zero-order valence-electron chi connectivity index (χ0n) is 19.7. The molecule has 0 spiro atoms. The average Bonchev–Trinajstić information content (AvgIpc) is 2.62. The number of ether oxygens (including phenoxy) is 4. The highest BCUT2D eigenvalue weighted by Crippen LogP contribution is 2.27. The van der Waals surface area contributed by atoms with Gasteiger partial charge in [0.2, 0.25) is 5.88 Å². The summed E-state index contributed by atoms with van der Waals surface area (Å²) in [6.07, 6.45) is -0.450. The first kappa shape index (κ1) is 25.3. The maximum Gasteiger partial charge on any atom is 0.508 e. The van der Waals surface area contributed by atoms with Gasteiger partial charge >= 0.3 is 12.1 Å². The van der Waals surface area contributed by atoms with E-state index in [-0.39, 0.29) is 31.0 Å². The Morgan fingerprint density at radius 2 is 1.62 bits per heavy atom. The maximum absolute atomic E-state index is 14.8. The summed E-state index contributed by atoms with van der Waals surface area (Å²) in [7, 11) is 0. The van der Waals surface area contributed by atoms with E-state index in [0.29, 0.717) is 23.2 Å². The molecule has 0 aliphatic heterocycles. The summed E-state index contributed by atoms with van der Waals surface area (Å²) in [5.41, 5.74) is -0.813. The number of halogens is 1. The topological polar surface area (TPSA) is 96.8 Å². The van der Waals surface area contributed by atoms with Crippen LogP contribution in [0.15, 0.2) is 12.1 Å². The van der Waals surface area contributed by atoms with Crippen LogP contribution in [-0.2, 0) is 31.8 Å². The van der Waals surface area contributed by atoms with Crippen LogP contribution in [0.4, 0.5) is 9.18 Å². The molecule has 0 saturated carbocycles. The second kappa shape index (κ2) is 10.1. The smallest absolute Gasteiger partial charge is 0.474 e. The van der Waals surface area contributed by atoms with Gasteiger partial charge in [0.15, 0.2) is 0 Å². The van der Waals surface area contributed by atoms with E-state index in [4.69, 9.17) is 18.9 Å². The molecular weight excluding hydrogens is 419 g/mol. The lowest BCUT2D eigenvalue weighted by Crippen LogP contribution is -2.25. The highest BCUT2D eigenvalue weighted by Gasteiger charge is 2.20. The predicted octanol–water partition coefficient (Wildman–Crippen LogP) is 4.55. The molecule has 0 bridgehead atoms. The third-order valence-corrected chi connectivity index (χ3v) is 3.84. The molecule has 2 aromatic rings. The SMILES string of the molecule is CCc1nc(OCCOC(=O)OC(C)(C)C)c2cc(CC(=O)OC(C)(C)C)cc(F)c2n1. The fourth-order valence-corrected chi connectivity index (χ4v) is 2.72. The largest absolute Gasteiger partial charge is 0.508 e. The molecule has 0 radical (unpaired) electrons. The summed E-state index contributed by atoms with van der Waals surface area (Å²) in [5.74, 6) is -0.521. The number of nitrogens with zero attached hydrogens (tertiary/aromatic N) is 2. The molecule has 8 nitrogen and oxygen atoms in total. The van der Waals surface area contributed by atoms with Crippen LogP contribution in [0.3, 0.4) is 0 Å². The molecule has 1 heterocycles. The van der Waals surface area contributed by atoms with Crippen LogP contribution in [0.1, 0.15) is 59.9 Å². The van der Waals surface area contributed by atoms with Crippen molar-refractivity contribution in [3.63, 3.8) is 0 Å². The number of hydrogen-bond donors (Lipinski definition) is 0. The van der Waals surface area contributed by atoms with Crippen molar-refractivity contribution < 1.29 is 32.9 Å². The summed E-state index contributed by atoms with van der Waals surface area (Å²) >= 11 is 0. The first-order valence-electron chi connectivity index (χ1n) is 10.5. The summed E-state index contributed by atoms with van der Waals surface area (Å²) in [6, 6.07) is 2.86. The molecule has 9 heteroatoms. The van der Waals surface area contributed by atoms with Crippen LogP contribution in [0.5, 0.6) is 5.88 Å². The molecule has 0 unspecified atom stereocenters. The average molecular weight is 451 g/mol. The third kappa shape index (κ3) is 7.94. The number of carbonyl (C=O) groups is 2. The molecule has 0 aliphatic carbocycles. The summed E-state index contributed by atoms with van der Waals surface area (Å²) in [5, 5.41) is 0.318.